The fraction of sp³-hybridized carbons (Fsp3) is 0.800. The Morgan fingerprint density at radius 2 is 0.828 bits per heavy atom. The van der Waals surface area contributed by atoms with Gasteiger partial charge in [-0.3, -0.25) is 0 Å². The second kappa shape index (κ2) is 12.2. The van der Waals surface area contributed by atoms with E-state index in [-0.39, 0.29) is 0 Å². The van der Waals surface area contributed by atoms with Gasteiger partial charge in [-0.1, -0.05) is 0 Å². The second-order valence-electron chi connectivity index (χ2n) is 8.07. The first-order valence-electron chi connectivity index (χ1n) is 10.8. The van der Waals surface area contributed by atoms with Crippen molar-refractivity contribution in [1.29, 1.82) is 0 Å². The molecule has 8 nitrogen and oxygen atoms in total. The topological polar surface area (TPSA) is 108 Å². The number of nitrogens with zero attached hydrogens (tertiary/aromatic N) is 1. The molecule has 0 amide bonds. The Balaban J connectivity index is 3.22. The third kappa shape index (κ3) is 5.29. The quantitative estimate of drug-likeness (QED) is 0.521. The van der Waals surface area contributed by atoms with Crippen molar-refractivity contribution in [3.05, 3.63) is 0 Å². The summed E-state index contributed by atoms with van der Waals surface area (Å²) < 4.78 is -0.331. The molecular formula is C20H39N4O4Ti. The summed E-state index contributed by atoms with van der Waals surface area (Å²) in [6.07, 6.45) is 3.37. The third-order valence-corrected chi connectivity index (χ3v) is 17.6. The van der Waals surface area contributed by atoms with Gasteiger partial charge in [-0.25, -0.2) is 0 Å². The van der Waals surface area contributed by atoms with Gasteiger partial charge in [0.05, 0.1) is 0 Å². The molecule has 0 unspecified atom stereocenters. The van der Waals surface area contributed by atoms with Crippen LogP contribution in [0, 0.1) is 0 Å². The molecule has 1 saturated heterocycles. The molecule has 3 N–H and O–H groups in total. The number of carbonyl (C=O) groups excluding carboxylic acids is 4. The molecule has 1 fully saturated rings. The molecular weight excluding hydrogens is 408 g/mol. The molecule has 0 spiro atoms. The van der Waals surface area contributed by atoms with Crippen molar-refractivity contribution in [2.45, 2.75) is 53.4 Å². The predicted molar refractivity (Wildman–Crippen MR) is 111 cm³/mol. The minimum absolute atomic E-state index is 0.390. The number of carbonyl (C=O) groups is 4. The van der Waals surface area contributed by atoms with E-state index < -0.39 is 31.9 Å². The standard InChI is InChI=1S/C12H27N4.4C2H3O.Ti/c1-5-13-7-2-9-15-11-4-12-16-10-3-8-14-6-1;4*1-2-3;/h13-15H,1-12H2;4*1H3;/q-1;;;;;+1. The number of hydrogen-bond donors (Lipinski definition) is 3. The van der Waals surface area contributed by atoms with Gasteiger partial charge < -0.3 is 0 Å². The molecule has 1 aliphatic heterocycles. The summed E-state index contributed by atoms with van der Waals surface area (Å²) in [5, 5.41) is 10.2. The number of nitrogens with one attached hydrogen (secondary N) is 3. The minimum atomic E-state index is -5.63. The fourth-order valence-corrected chi connectivity index (χ4v) is 14.1. The van der Waals surface area contributed by atoms with Crippen molar-refractivity contribution < 1.29 is 34.7 Å². The van der Waals surface area contributed by atoms with E-state index in [1.807, 2.05) is 0 Å². The van der Waals surface area contributed by atoms with Crippen molar-refractivity contribution in [2.75, 3.05) is 52.4 Å². The monoisotopic (exact) mass is 447 g/mol. The molecule has 0 aliphatic carbocycles. The molecule has 0 aromatic carbocycles. The molecule has 1 rings (SSSR count). The summed E-state index contributed by atoms with van der Waals surface area (Å²) in [6.45, 7) is 10.9. The SMILES string of the molecule is C[C](=O)[Ti]([C](C)=O)([C](C)=O)([C](C)=O)[N]1CCCNCCCNCCCNCCC1. The van der Waals surface area contributed by atoms with Gasteiger partial charge in [-0.15, -0.1) is 0 Å². The van der Waals surface area contributed by atoms with Crippen LogP contribution in [-0.4, -0.2) is 72.1 Å². The van der Waals surface area contributed by atoms with Crippen molar-refractivity contribution in [3.8, 4) is 0 Å². The summed E-state index contributed by atoms with van der Waals surface area (Å²) in [7, 11) is 0. The molecule has 0 bridgehead atoms. The Kier molecular flexibility index (Phi) is 11.0. The van der Waals surface area contributed by atoms with Gasteiger partial charge in [-0.05, 0) is 0 Å². The average molecular weight is 447 g/mol. The van der Waals surface area contributed by atoms with Gasteiger partial charge in [0.25, 0.3) is 0 Å². The zero-order valence-electron chi connectivity index (χ0n) is 18.6. The van der Waals surface area contributed by atoms with E-state index in [9.17, 15) is 19.2 Å². The first-order chi connectivity index (χ1) is 13.7. The zero-order valence-corrected chi connectivity index (χ0v) is 20.1. The van der Waals surface area contributed by atoms with E-state index >= 15 is 0 Å². The van der Waals surface area contributed by atoms with Crippen LogP contribution in [0.2, 0.25) is 0 Å². The van der Waals surface area contributed by atoms with Gasteiger partial charge in [0.1, 0.15) is 0 Å². The predicted octanol–water partition coefficient (Wildman–Crippen LogP) is 0.422. The van der Waals surface area contributed by atoms with Crippen LogP contribution in [0.5, 0.6) is 0 Å². The Morgan fingerprint density at radius 1 is 0.552 bits per heavy atom. The van der Waals surface area contributed by atoms with E-state index in [1.54, 1.807) is 3.38 Å². The molecule has 1 heterocycles. The Labute approximate surface area is 176 Å². The molecule has 167 valence electrons. The summed E-state index contributed by atoms with van der Waals surface area (Å²) in [5.41, 5.74) is 0. The maximum atomic E-state index is 13.0. The summed E-state index contributed by atoms with van der Waals surface area (Å²) in [4.78, 5) is 52.1. The van der Waals surface area contributed by atoms with E-state index in [0.717, 1.165) is 39.0 Å². The van der Waals surface area contributed by atoms with Crippen LogP contribution in [0.25, 0.3) is 0 Å². The normalized spacial score (nSPS) is 20.9. The molecule has 1 aliphatic rings. The van der Waals surface area contributed by atoms with Crippen molar-refractivity contribution >= 4 is 16.4 Å². The van der Waals surface area contributed by atoms with Crippen molar-refractivity contribution in [2.24, 2.45) is 0 Å². The zero-order chi connectivity index (χ0) is 21.9. The van der Waals surface area contributed by atoms with E-state index in [2.05, 4.69) is 16.0 Å². The number of rotatable bonds is 5. The molecule has 0 aromatic rings. The Morgan fingerprint density at radius 3 is 1.10 bits per heavy atom. The summed E-state index contributed by atoms with van der Waals surface area (Å²) >= 11 is -5.63. The molecule has 0 saturated carbocycles. The van der Waals surface area contributed by atoms with Crippen LogP contribution in [0.4, 0.5) is 0 Å². The van der Waals surface area contributed by atoms with Crippen LogP contribution in [-0.2, 0) is 34.7 Å². The number of hydrogen-bond acceptors (Lipinski definition) is 8. The Bertz CT molecular complexity index is 528. The van der Waals surface area contributed by atoms with Crippen LogP contribution in [0.3, 0.4) is 0 Å². The second-order valence-corrected chi connectivity index (χ2v) is 17.2. The van der Waals surface area contributed by atoms with Crippen molar-refractivity contribution in [3.63, 3.8) is 0 Å². The fourth-order valence-electron chi connectivity index (χ4n) is 4.78. The molecule has 0 radical (unpaired) electrons. The van der Waals surface area contributed by atoms with Crippen LogP contribution in [0.1, 0.15) is 53.4 Å². The molecule has 29 heavy (non-hydrogen) atoms. The van der Waals surface area contributed by atoms with E-state index in [4.69, 9.17) is 0 Å². The van der Waals surface area contributed by atoms with Crippen LogP contribution >= 0.6 is 0 Å². The molecule has 0 aromatic heterocycles. The first-order valence-corrected chi connectivity index (χ1v) is 14.6. The van der Waals surface area contributed by atoms with Gasteiger partial charge >= 0.3 is 176 Å². The average Bonchev–Trinajstić information content (AvgIpc) is 2.62. The van der Waals surface area contributed by atoms with E-state index in [0.29, 0.717) is 39.0 Å². The molecule has 0 atom stereocenters. The first kappa shape index (κ1) is 26.3. The summed E-state index contributed by atoms with van der Waals surface area (Å²) in [6, 6.07) is 0. The Hall–Kier alpha value is -0.766. The molecule has 9 heteroatoms. The van der Waals surface area contributed by atoms with Gasteiger partial charge in [0.2, 0.25) is 0 Å². The van der Waals surface area contributed by atoms with Crippen LogP contribution < -0.4 is 16.0 Å². The third-order valence-electron chi connectivity index (χ3n) is 6.35. The van der Waals surface area contributed by atoms with Crippen LogP contribution in [0.15, 0.2) is 0 Å². The van der Waals surface area contributed by atoms with Gasteiger partial charge in [0.15, 0.2) is 0 Å². The van der Waals surface area contributed by atoms with Crippen molar-refractivity contribution in [1.82, 2.24) is 19.3 Å². The van der Waals surface area contributed by atoms with Gasteiger partial charge in [-0.2, -0.15) is 0 Å². The summed E-state index contributed by atoms with van der Waals surface area (Å²) in [5.74, 6) is 0. The van der Waals surface area contributed by atoms with Gasteiger partial charge in [0, 0.05) is 0 Å². The van der Waals surface area contributed by atoms with E-state index in [1.165, 1.54) is 27.7 Å². The maximum absolute atomic E-state index is 13.0.